The van der Waals surface area contributed by atoms with Gasteiger partial charge in [-0.3, -0.25) is 9.36 Å². The van der Waals surface area contributed by atoms with E-state index in [9.17, 15) is 4.79 Å². The molecule has 0 aliphatic rings. The van der Waals surface area contributed by atoms with Crippen LogP contribution in [0, 0.1) is 0 Å². The maximum Gasteiger partial charge on any atom is 0.283 e. The smallest absolute Gasteiger partial charge is 0.283 e. The van der Waals surface area contributed by atoms with Crippen molar-refractivity contribution in [3.8, 4) is 22.9 Å². The Kier molecular flexibility index (Phi) is 5.68. The van der Waals surface area contributed by atoms with Crippen molar-refractivity contribution in [1.29, 1.82) is 0 Å². The Morgan fingerprint density at radius 1 is 1.06 bits per heavy atom. The van der Waals surface area contributed by atoms with Gasteiger partial charge in [-0.25, -0.2) is 9.67 Å². The standard InChI is InChI=1S/C22H18ClN7O4/c1-32-16-7-6-14(9-17(16)33-2)20-25-18(34-27-20)11-29-12-24-21-19(22(29)31)26-28-30(21)10-13-4-3-5-15(23)8-13/h3-9,12H,10-11H2,1-2H3. The molecule has 0 saturated heterocycles. The van der Waals surface area contributed by atoms with Crippen molar-refractivity contribution in [3.63, 3.8) is 0 Å². The Morgan fingerprint density at radius 2 is 1.91 bits per heavy atom. The van der Waals surface area contributed by atoms with Gasteiger partial charge >= 0.3 is 0 Å². The third-order valence-electron chi connectivity index (χ3n) is 5.13. The van der Waals surface area contributed by atoms with Crippen LogP contribution in [0.2, 0.25) is 5.02 Å². The summed E-state index contributed by atoms with van der Waals surface area (Å²) in [7, 11) is 3.10. The van der Waals surface area contributed by atoms with Gasteiger partial charge in [-0.1, -0.05) is 34.1 Å². The van der Waals surface area contributed by atoms with Crippen LogP contribution in [0.15, 0.2) is 58.1 Å². The molecule has 34 heavy (non-hydrogen) atoms. The lowest BCUT2D eigenvalue weighted by Gasteiger charge is -2.07. The van der Waals surface area contributed by atoms with Crippen molar-refractivity contribution >= 4 is 22.8 Å². The molecule has 3 aromatic heterocycles. The van der Waals surface area contributed by atoms with Crippen molar-refractivity contribution in [2.75, 3.05) is 14.2 Å². The maximum atomic E-state index is 12.9. The second kappa shape index (κ2) is 8.94. The lowest BCUT2D eigenvalue weighted by Crippen LogP contribution is -2.21. The average Bonchev–Trinajstić information content (AvgIpc) is 3.48. The zero-order chi connectivity index (χ0) is 23.7. The fourth-order valence-electron chi connectivity index (χ4n) is 3.47. The van der Waals surface area contributed by atoms with Crippen LogP contribution in [-0.4, -0.2) is 48.9 Å². The van der Waals surface area contributed by atoms with E-state index in [4.69, 9.17) is 25.6 Å². The van der Waals surface area contributed by atoms with E-state index in [2.05, 4.69) is 25.4 Å². The number of ether oxygens (including phenoxy) is 2. The Morgan fingerprint density at radius 3 is 2.71 bits per heavy atom. The molecule has 11 nitrogen and oxygen atoms in total. The molecule has 2 aromatic carbocycles. The molecule has 0 aliphatic heterocycles. The van der Waals surface area contributed by atoms with Gasteiger partial charge in [0, 0.05) is 10.6 Å². The molecule has 0 radical (unpaired) electrons. The molecular weight excluding hydrogens is 462 g/mol. The fourth-order valence-corrected chi connectivity index (χ4v) is 3.68. The number of hydrogen-bond donors (Lipinski definition) is 0. The van der Waals surface area contributed by atoms with E-state index >= 15 is 0 Å². The van der Waals surface area contributed by atoms with E-state index in [0.29, 0.717) is 40.1 Å². The topological polar surface area (TPSA) is 123 Å². The molecule has 0 aliphatic carbocycles. The third kappa shape index (κ3) is 4.08. The SMILES string of the molecule is COc1ccc(-c2noc(Cn3cnc4c(nnn4Cc4cccc(Cl)c4)c3=O)n2)cc1OC. The Hall–Kier alpha value is -4.25. The van der Waals surface area contributed by atoms with Gasteiger partial charge in [-0.05, 0) is 35.9 Å². The minimum absolute atomic E-state index is 0.0310. The van der Waals surface area contributed by atoms with Crippen LogP contribution in [0.4, 0.5) is 0 Å². The highest BCUT2D eigenvalue weighted by Gasteiger charge is 2.16. The number of methoxy groups -OCH3 is 2. The number of rotatable bonds is 7. The molecule has 0 fully saturated rings. The minimum atomic E-state index is -0.367. The van der Waals surface area contributed by atoms with Crippen LogP contribution in [-0.2, 0) is 13.1 Å². The van der Waals surface area contributed by atoms with E-state index in [-0.39, 0.29) is 23.5 Å². The Labute approximate surface area is 197 Å². The zero-order valence-corrected chi connectivity index (χ0v) is 18.9. The van der Waals surface area contributed by atoms with Gasteiger partial charge in [0.05, 0.1) is 20.8 Å². The first-order valence-corrected chi connectivity index (χ1v) is 10.5. The van der Waals surface area contributed by atoms with Gasteiger partial charge in [0.1, 0.15) is 12.9 Å². The summed E-state index contributed by atoms with van der Waals surface area (Å²) in [5, 5.41) is 12.7. The maximum absolute atomic E-state index is 12.9. The van der Waals surface area contributed by atoms with Crippen LogP contribution in [0.1, 0.15) is 11.5 Å². The van der Waals surface area contributed by atoms with E-state index in [0.717, 1.165) is 5.56 Å². The summed E-state index contributed by atoms with van der Waals surface area (Å²) in [4.78, 5) is 21.7. The Bertz CT molecular complexity index is 1540. The largest absolute Gasteiger partial charge is 0.493 e. The molecule has 0 N–H and O–H groups in total. The summed E-state index contributed by atoms with van der Waals surface area (Å²) in [6.07, 6.45) is 1.41. The van der Waals surface area contributed by atoms with Gasteiger partial charge < -0.3 is 14.0 Å². The molecule has 172 valence electrons. The molecule has 0 spiro atoms. The summed E-state index contributed by atoms with van der Waals surface area (Å²) < 4.78 is 18.8. The lowest BCUT2D eigenvalue weighted by atomic mass is 10.2. The quantitative estimate of drug-likeness (QED) is 0.346. The van der Waals surface area contributed by atoms with Gasteiger partial charge in [-0.2, -0.15) is 4.98 Å². The van der Waals surface area contributed by atoms with E-state index in [1.807, 2.05) is 18.2 Å². The molecular formula is C22H18ClN7O4. The molecule has 0 saturated carbocycles. The number of benzene rings is 2. The molecule has 0 amide bonds. The van der Waals surface area contributed by atoms with E-state index in [1.165, 1.54) is 10.9 Å². The Balaban J connectivity index is 1.39. The fraction of sp³-hybridized carbons (Fsp3) is 0.182. The van der Waals surface area contributed by atoms with Crippen LogP contribution < -0.4 is 15.0 Å². The molecule has 0 atom stereocenters. The summed E-state index contributed by atoms with van der Waals surface area (Å²) in [6.45, 7) is 0.412. The third-order valence-corrected chi connectivity index (χ3v) is 5.36. The molecule has 5 aromatic rings. The first kappa shape index (κ1) is 21.6. The van der Waals surface area contributed by atoms with Gasteiger partial charge in [0.2, 0.25) is 11.7 Å². The van der Waals surface area contributed by atoms with Crippen LogP contribution >= 0.6 is 11.6 Å². The van der Waals surface area contributed by atoms with E-state index in [1.54, 1.807) is 43.2 Å². The number of hydrogen-bond acceptors (Lipinski definition) is 9. The lowest BCUT2D eigenvalue weighted by molar-refractivity contribution is 0.355. The number of aromatic nitrogens is 7. The summed E-state index contributed by atoms with van der Waals surface area (Å²) in [5.74, 6) is 1.72. The van der Waals surface area contributed by atoms with Crippen molar-refractivity contribution in [1.82, 2.24) is 34.7 Å². The monoisotopic (exact) mass is 479 g/mol. The van der Waals surface area contributed by atoms with Gasteiger partial charge in [0.25, 0.3) is 5.56 Å². The highest BCUT2D eigenvalue weighted by Crippen LogP contribution is 2.31. The molecule has 3 heterocycles. The molecule has 12 heteroatoms. The van der Waals surface area contributed by atoms with Crippen molar-refractivity contribution in [3.05, 3.63) is 75.6 Å². The molecule has 0 unspecified atom stereocenters. The number of fused-ring (bicyclic) bond motifs is 1. The van der Waals surface area contributed by atoms with Crippen molar-refractivity contribution < 1.29 is 14.0 Å². The predicted octanol–water partition coefficient (Wildman–Crippen LogP) is 2.81. The van der Waals surface area contributed by atoms with Crippen LogP contribution in [0.25, 0.3) is 22.6 Å². The second-order valence-corrected chi connectivity index (χ2v) is 7.74. The molecule has 5 rings (SSSR count). The van der Waals surface area contributed by atoms with Gasteiger partial charge in [0.15, 0.2) is 22.7 Å². The summed E-state index contributed by atoms with van der Waals surface area (Å²) in [5.41, 5.74) is 1.74. The summed E-state index contributed by atoms with van der Waals surface area (Å²) >= 11 is 6.05. The average molecular weight is 480 g/mol. The van der Waals surface area contributed by atoms with E-state index < -0.39 is 0 Å². The minimum Gasteiger partial charge on any atom is -0.493 e. The molecule has 0 bridgehead atoms. The normalized spacial score (nSPS) is 11.1. The van der Waals surface area contributed by atoms with Crippen LogP contribution in [0.5, 0.6) is 11.5 Å². The van der Waals surface area contributed by atoms with Crippen LogP contribution in [0.3, 0.4) is 0 Å². The zero-order valence-electron chi connectivity index (χ0n) is 18.2. The highest BCUT2D eigenvalue weighted by atomic mass is 35.5. The first-order chi connectivity index (χ1) is 16.6. The highest BCUT2D eigenvalue weighted by molar-refractivity contribution is 6.30. The summed E-state index contributed by atoms with van der Waals surface area (Å²) in [6, 6.07) is 12.6. The van der Waals surface area contributed by atoms with Gasteiger partial charge in [-0.15, -0.1) is 5.10 Å². The second-order valence-electron chi connectivity index (χ2n) is 7.31. The predicted molar refractivity (Wildman–Crippen MR) is 122 cm³/mol. The van der Waals surface area contributed by atoms with Crippen molar-refractivity contribution in [2.24, 2.45) is 0 Å². The first-order valence-electron chi connectivity index (χ1n) is 10.1. The number of halogens is 1. The van der Waals surface area contributed by atoms with Crippen molar-refractivity contribution in [2.45, 2.75) is 13.1 Å². The number of nitrogens with zero attached hydrogens (tertiary/aromatic N) is 7.